The van der Waals surface area contributed by atoms with Crippen LogP contribution in [0.1, 0.15) is 28.2 Å². The van der Waals surface area contributed by atoms with Gasteiger partial charge in [-0.05, 0) is 70.4 Å². The molecule has 0 saturated carbocycles. The number of hydrogen-bond acceptors (Lipinski definition) is 7. The molecule has 3 aromatic carbocycles. The van der Waals surface area contributed by atoms with Crippen LogP contribution >= 0.6 is 62.7 Å². The number of ether oxygens (including phenoxy) is 3. The van der Waals surface area contributed by atoms with E-state index in [1.54, 1.807) is 18.2 Å². The zero-order chi connectivity index (χ0) is 26.9. The molecule has 0 radical (unpaired) electrons. The third-order valence-corrected chi connectivity index (χ3v) is 9.55. The molecule has 1 amide bonds. The van der Waals surface area contributed by atoms with Crippen molar-refractivity contribution in [3.05, 3.63) is 85.8 Å². The van der Waals surface area contributed by atoms with Gasteiger partial charge in [0.15, 0.2) is 18.1 Å². The molecule has 4 rings (SSSR count). The first-order valence-electron chi connectivity index (χ1n) is 11.7. The maximum atomic E-state index is 12.2. The summed E-state index contributed by atoms with van der Waals surface area (Å²) in [6, 6.07) is 16.7. The molecule has 1 fully saturated rings. The minimum Gasteiger partial charge on any atom is -0.490 e. The summed E-state index contributed by atoms with van der Waals surface area (Å²) >= 11 is 19.7. The minimum absolute atomic E-state index is 0.141. The molecule has 0 aromatic heterocycles. The van der Waals surface area contributed by atoms with E-state index >= 15 is 0 Å². The van der Waals surface area contributed by atoms with Crippen molar-refractivity contribution < 1.29 is 19.0 Å². The van der Waals surface area contributed by atoms with E-state index in [9.17, 15) is 4.79 Å². The van der Waals surface area contributed by atoms with Crippen LogP contribution < -0.4 is 19.6 Å². The van der Waals surface area contributed by atoms with Gasteiger partial charge in [0, 0.05) is 27.1 Å². The van der Waals surface area contributed by atoms with Gasteiger partial charge in [0.25, 0.3) is 5.91 Å². The second kappa shape index (κ2) is 14.4. The Kier molecular flexibility index (Phi) is 11.0. The predicted octanol–water partition coefficient (Wildman–Crippen LogP) is 7.74. The fourth-order valence-corrected chi connectivity index (χ4v) is 7.38. The second-order valence-electron chi connectivity index (χ2n) is 8.01. The molecule has 11 heteroatoms. The topological polar surface area (TPSA) is 69.2 Å². The number of amides is 1. The predicted molar refractivity (Wildman–Crippen MR) is 161 cm³/mol. The number of rotatable bonds is 11. The number of thioether (sulfide) groups is 2. The summed E-state index contributed by atoms with van der Waals surface area (Å²) in [6.45, 7) is 2.42. The average molecular weight is 656 g/mol. The molecular formula is C27H25BrCl2N2O4S2. The van der Waals surface area contributed by atoms with Gasteiger partial charge in [-0.25, -0.2) is 5.43 Å². The summed E-state index contributed by atoms with van der Waals surface area (Å²) in [5, 5.41) is 5.13. The Labute approximate surface area is 248 Å². The Balaban J connectivity index is 1.31. The zero-order valence-corrected chi connectivity index (χ0v) is 25.1. The van der Waals surface area contributed by atoms with E-state index in [4.69, 9.17) is 37.4 Å². The van der Waals surface area contributed by atoms with Crippen molar-refractivity contribution in [3.63, 3.8) is 0 Å². The van der Waals surface area contributed by atoms with Crippen LogP contribution in [-0.2, 0) is 11.4 Å². The molecule has 1 aliphatic heterocycles. The number of halogens is 3. The maximum Gasteiger partial charge on any atom is 0.277 e. The fourth-order valence-electron chi connectivity index (χ4n) is 3.49. The Morgan fingerprint density at radius 1 is 1.08 bits per heavy atom. The first kappa shape index (κ1) is 29.0. The number of nitrogens with one attached hydrogen (secondary N) is 1. The third-order valence-electron chi connectivity index (χ3n) is 5.27. The Morgan fingerprint density at radius 2 is 1.84 bits per heavy atom. The lowest BCUT2D eigenvalue weighted by Gasteiger charge is -2.15. The van der Waals surface area contributed by atoms with Crippen LogP contribution in [0.5, 0.6) is 17.2 Å². The van der Waals surface area contributed by atoms with Gasteiger partial charge in [-0.1, -0.05) is 41.4 Å². The maximum absolute atomic E-state index is 12.2. The third kappa shape index (κ3) is 8.23. The van der Waals surface area contributed by atoms with Gasteiger partial charge in [-0.15, -0.1) is 23.5 Å². The fraction of sp³-hybridized carbons (Fsp3) is 0.259. The van der Waals surface area contributed by atoms with Crippen molar-refractivity contribution in [2.45, 2.75) is 18.1 Å². The number of carbonyl (C=O) groups excluding carboxylic acids is 1. The number of hydrogen-bond donors (Lipinski definition) is 1. The summed E-state index contributed by atoms with van der Waals surface area (Å²) < 4.78 is 18.5. The first-order valence-corrected chi connectivity index (χ1v) is 15.4. The molecule has 6 nitrogen and oxygen atoms in total. The van der Waals surface area contributed by atoms with E-state index in [-0.39, 0.29) is 19.1 Å². The molecule has 1 N–H and O–H groups in total. The van der Waals surface area contributed by atoms with Gasteiger partial charge < -0.3 is 14.2 Å². The number of carbonyl (C=O) groups is 1. The molecule has 0 unspecified atom stereocenters. The Bertz CT molecular complexity index is 1290. The van der Waals surface area contributed by atoms with Gasteiger partial charge in [0.05, 0.1) is 21.9 Å². The van der Waals surface area contributed by atoms with Gasteiger partial charge >= 0.3 is 0 Å². The second-order valence-corrected chi connectivity index (χ2v) is 12.4. The molecule has 1 heterocycles. The Hall–Kier alpha value is -2.04. The van der Waals surface area contributed by atoms with E-state index in [1.165, 1.54) is 23.3 Å². The van der Waals surface area contributed by atoms with Crippen LogP contribution in [0.15, 0.2) is 64.2 Å². The van der Waals surface area contributed by atoms with Crippen LogP contribution in [0, 0.1) is 0 Å². The highest BCUT2D eigenvalue weighted by Crippen LogP contribution is 2.45. The van der Waals surface area contributed by atoms with Crippen molar-refractivity contribution >= 4 is 74.8 Å². The molecule has 0 spiro atoms. The lowest BCUT2D eigenvalue weighted by Crippen LogP contribution is -2.24. The summed E-state index contributed by atoms with van der Waals surface area (Å²) in [5.74, 6) is 3.69. The minimum atomic E-state index is -0.365. The van der Waals surface area contributed by atoms with Gasteiger partial charge in [0.1, 0.15) is 12.4 Å². The van der Waals surface area contributed by atoms with E-state index in [0.717, 1.165) is 5.56 Å². The normalized spacial score (nSPS) is 13.6. The molecule has 0 atom stereocenters. The summed E-state index contributed by atoms with van der Waals surface area (Å²) in [4.78, 5) is 12.2. The largest absolute Gasteiger partial charge is 0.490 e. The standard InChI is InChI=1S/C27H25BrCl2N2O4S2/c1-2-34-24-12-17(11-22(28)26(24)36-15-19-3-6-20(29)13-23(19)30)14-31-32-25(33)16-35-21-7-4-18(5-8-21)27-37-9-10-38-27/h3-8,11-14,27H,2,9-10,15-16H2,1H3,(H,32,33)/b31-14-. The van der Waals surface area contributed by atoms with Crippen molar-refractivity contribution in [2.75, 3.05) is 24.7 Å². The molecule has 200 valence electrons. The van der Waals surface area contributed by atoms with Crippen molar-refractivity contribution in [2.24, 2.45) is 5.10 Å². The SMILES string of the molecule is CCOc1cc(/C=N\NC(=O)COc2ccc(C3SCCS3)cc2)cc(Br)c1OCc1ccc(Cl)cc1Cl. The van der Waals surface area contributed by atoms with E-state index in [2.05, 4.69) is 26.5 Å². The Morgan fingerprint density at radius 3 is 2.55 bits per heavy atom. The smallest absolute Gasteiger partial charge is 0.277 e. The number of hydrazone groups is 1. The highest BCUT2D eigenvalue weighted by molar-refractivity contribution is 9.10. The van der Waals surface area contributed by atoms with Crippen LogP contribution in [0.3, 0.4) is 0 Å². The van der Waals surface area contributed by atoms with Crippen molar-refractivity contribution in [1.29, 1.82) is 0 Å². The molecular weight excluding hydrogens is 631 g/mol. The lowest BCUT2D eigenvalue weighted by molar-refractivity contribution is -0.123. The summed E-state index contributed by atoms with van der Waals surface area (Å²) in [5.41, 5.74) is 5.25. The highest BCUT2D eigenvalue weighted by atomic mass is 79.9. The van der Waals surface area contributed by atoms with Crippen LogP contribution in [-0.4, -0.2) is 36.8 Å². The quantitative estimate of drug-likeness (QED) is 0.168. The molecule has 1 aliphatic rings. The van der Waals surface area contributed by atoms with Crippen LogP contribution in [0.25, 0.3) is 0 Å². The highest BCUT2D eigenvalue weighted by Gasteiger charge is 2.18. The molecule has 1 saturated heterocycles. The average Bonchev–Trinajstić information content (AvgIpc) is 3.44. The van der Waals surface area contributed by atoms with E-state index in [1.807, 2.05) is 66.8 Å². The lowest BCUT2D eigenvalue weighted by atomic mass is 10.2. The van der Waals surface area contributed by atoms with Crippen LogP contribution in [0.2, 0.25) is 10.0 Å². The van der Waals surface area contributed by atoms with Gasteiger partial charge in [0.2, 0.25) is 0 Å². The molecule has 0 aliphatic carbocycles. The van der Waals surface area contributed by atoms with Crippen molar-refractivity contribution in [1.82, 2.24) is 5.43 Å². The van der Waals surface area contributed by atoms with E-state index in [0.29, 0.717) is 48.5 Å². The first-order chi connectivity index (χ1) is 18.4. The van der Waals surface area contributed by atoms with Gasteiger partial charge in [-0.2, -0.15) is 5.10 Å². The number of benzene rings is 3. The summed E-state index contributed by atoms with van der Waals surface area (Å²) in [7, 11) is 0. The van der Waals surface area contributed by atoms with Crippen LogP contribution in [0.4, 0.5) is 0 Å². The monoisotopic (exact) mass is 654 g/mol. The van der Waals surface area contributed by atoms with Gasteiger partial charge in [-0.3, -0.25) is 4.79 Å². The van der Waals surface area contributed by atoms with E-state index < -0.39 is 0 Å². The molecule has 0 bridgehead atoms. The molecule has 3 aromatic rings. The number of nitrogens with zero attached hydrogens (tertiary/aromatic N) is 1. The van der Waals surface area contributed by atoms with Crippen molar-refractivity contribution in [3.8, 4) is 17.2 Å². The zero-order valence-electron chi connectivity index (χ0n) is 20.4. The molecule has 38 heavy (non-hydrogen) atoms. The summed E-state index contributed by atoms with van der Waals surface area (Å²) in [6.07, 6.45) is 1.52.